The monoisotopic (exact) mass is 337 g/mol. The van der Waals surface area contributed by atoms with Gasteiger partial charge in [-0.1, -0.05) is 30.3 Å². The maximum Gasteiger partial charge on any atom is 0.310 e. The van der Waals surface area contributed by atoms with E-state index >= 15 is 0 Å². The van der Waals surface area contributed by atoms with Gasteiger partial charge in [0, 0.05) is 12.6 Å². The molecule has 0 aliphatic rings. The molecular weight excluding hydrogens is 317 g/mol. The summed E-state index contributed by atoms with van der Waals surface area (Å²) >= 11 is 0. The number of hydrogen-bond acceptors (Lipinski definition) is 4. The quantitative estimate of drug-likeness (QED) is 0.728. The first kappa shape index (κ1) is 17.4. The second-order valence-electron chi connectivity index (χ2n) is 5.37. The van der Waals surface area contributed by atoms with Crippen molar-refractivity contribution in [1.29, 1.82) is 0 Å². The molecule has 0 heterocycles. The molecule has 23 heavy (non-hydrogen) atoms. The van der Waals surface area contributed by atoms with E-state index in [4.69, 9.17) is 4.18 Å². The van der Waals surface area contributed by atoms with Crippen LogP contribution < -0.4 is 4.18 Å². The van der Waals surface area contributed by atoms with Gasteiger partial charge in [-0.05, 0) is 43.8 Å². The van der Waals surface area contributed by atoms with Crippen molar-refractivity contribution < 1.29 is 17.0 Å². The highest BCUT2D eigenvalue weighted by Crippen LogP contribution is 2.19. The molecule has 0 aromatic heterocycles. The zero-order chi connectivity index (χ0) is 16.9. The van der Waals surface area contributed by atoms with Crippen LogP contribution >= 0.6 is 0 Å². The second-order valence-corrected chi connectivity index (χ2v) is 7.06. The van der Waals surface area contributed by atoms with Gasteiger partial charge in [0.05, 0.1) is 5.75 Å². The Bertz CT molecular complexity index is 717. The average Bonchev–Trinajstić information content (AvgIpc) is 2.53. The van der Waals surface area contributed by atoms with Crippen LogP contribution in [0.2, 0.25) is 0 Å². The first-order valence-corrected chi connectivity index (χ1v) is 8.88. The highest BCUT2D eigenvalue weighted by atomic mass is 32.2. The van der Waals surface area contributed by atoms with E-state index in [0.29, 0.717) is 12.3 Å². The van der Waals surface area contributed by atoms with E-state index in [1.54, 1.807) is 42.5 Å². The molecule has 0 saturated carbocycles. The van der Waals surface area contributed by atoms with Crippen molar-refractivity contribution in [2.75, 3.05) is 19.3 Å². The lowest BCUT2D eigenvalue weighted by molar-refractivity contribution is 0.274. The van der Waals surface area contributed by atoms with Crippen molar-refractivity contribution in [3.05, 3.63) is 66.0 Å². The minimum Gasteiger partial charge on any atom is -0.382 e. The summed E-state index contributed by atoms with van der Waals surface area (Å²) in [6, 6.07) is 14.6. The Morgan fingerprint density at radius 3 is 2.30 bits per heavy atom. The normalized spacial score (nSPS) is 13.0. The Morgan fingerprint density at radius 1 is 1.09 bits per heavy atom. The molecule has 0 amide bonds. The van der Waals surface area contributed by atoms with E-state index in [0.717, 1.165) is 5.56 Å². The van der Waals surface area contributed by atoms with Crippen LogP contribution in [0.15, 0.2) is 54.6 Å². The zero-order valence-electron chi connectivity index (χ0n) is 13.1. The van der Waals surface area contributed by atoms with Gasteiger partial charge in [-0.3, -0.25) is 4.90 Å². The molecule has 1 atom stereocenters. The predicted molar refractivity (Wildman–Crippen MR) is 88.3 cm³/mol. The van der Waals surface area contributed by atoms with Crippen LogP contribution in [0.4, 0.5) is 4.39 Å². The molecule has 6 heteroatoms. The van der Waals surface area contributed by atoms with Crippen molar-refractivity contribution in [3.63, 3.8) is 0 Å². The van der Waals surface area contributed by atoms with E-state index in [-0.39, 0.29) is 17.6 Å². The van der Waals surface area contributed by atoms with Crippen molar-refractivity contribution in [3.8, 4) is 5.75 Å². The summed E-state index contributed by atoms with van der Waals surface area (Å²) in [5.41, 5.74) is 0.926. The molecule has 2 aromatic carbocycles. The maximum atomic E-state index is 13.0. The summed E-state index contributed by atoms with van der Waals surface area (Å²) in [5.74, 6) is -0.103. The minimum absolute atomic E-state index is 0.0254. The van der Waals surface area contributed by atoms with E-state index in [2.05, 4.69) is 0 Å². The van der Waals surface area contributed by atoms with E-state index in [9.17, 15) is 12.8 Å². The van der Waals surface area contributed by atoms with Gasteiger partial charge in [0.15, 0.2) is 0 Å². The van der Waals surface area contributed by atoms with E-state index in [1.165, 1.54) is 12.1 Å². The van der Waals surface area contributed by atoms with Gasteiger partial charge >= 0.3 is 10.1 Å². The SMILES string of the molecule is CC(c1ccc(F)cc1)N(C)CCS(=O)(=O)Oc1ccccc1. The summed E-state index contributed by atoms with van der Waals surface area (Å²) in [7, 11) is -1.83. The lowest BCUT2D eigenvalue weighted by atomic mass is 10.1. The van der Waals surface area contributed by atoms with Gasteiger partial charge < -0.3 is 4.18 Å². The number of halogens is 1. The molecule has 0 N–H and O–H groups in total. The number of rotatable bonds is 7. The molecule has 2 aromatic rings. The lowest BCUT2D eigenvalue weighted by Gasteiger charge is -2.24. The first-order valence-electron chi connectivity index (χ1n) is 7.30. The largest absolute Gasteiger partial charge is 0.382 e. The van der Waals surface area contributed by atoms with Gasteiger partial charge in [0.2, 0.25) is 0 Å². The Hall–Kier alpha value is -1.92. The fraction of sp³-hybridized carbons (Fsp3) is 0.294. The molecule has 124 valence electrons. The molecule has 0 aliphatic heterocycles. The van der Waals surface area contributed by atoms with Crippen molar-refractivity contribution in [2.24, 2.45) is 0 Å². The third kappa shape index (κ3) is 5.33. The highest BCUT2D eigenvalue weighted by Gasteiger charge is 2.17. The Balaban J connectivity index is 1.92. The lowest BCUT2D eigenvalue weighted by Crippen LogP contribution is -2.29. The molecule has 2 rings (SSSR count). The molecule has 0 spiro atoms. The molecule has 0 fully saturated rings. The van der Waals surface area contributed by atoms with Crippen LogP contribution in [-0.2, 0) is 10.1 Å². The Morgan fingerprint density at radius 2 is 1.70 bits per heavy atom. The first-order chi connectivity index (χ1) is 10.9. The molecule has 4 nitrogen and oxygen atoms in total. The zero-order valence-corrected chi connectivity index (χ0v) is 14.0. The van der Waals surface area contributed by atoms with Gasteiger partial charge in [-0.2, -0.15) is 8.42 Å². The summed E-state index contributed by atoms with van der Waals surface area (Å²) < 4.78 is 42.0. The van der Waals surface area contributed by atoms with E-state index in [1.807, 2.05) is 18.9 Å². The number of hydrogen-bond donors (Lipinski definition) is 0. The van der Waals surface area contributed by atoms with Crippen LogP contribution in [0.5, 0.6) is 5.75 Å². The maximum absolute atomic E-state index is 13.0. The molecule has 0 bridgehead atoms. The van der Waals surface area contributed by atoms with Crippen LogP contribution in [0, 0.1) is 5.82 Å². The van der Waals surface area contributed by atoms with Gasteiger partial charge in [0.25, 0.3) is 0 Å². The smallest absolute Gasteiger partial charge is 0.310 e. The topological polar surface area (TPSA) is 46.6 Å². The van der Waals surface area contributed by atoms with Crippen LogP contribution in [0.1, 0.15) is 18.5 Å². The predicted octanol–water partition coefficient (Wildman–Crippen LogP) is 3.23. The second kappa shape index (κ2) is 7.57. The summed E-state index contributed by atoms with van der Waals surface area (Å²) in [5, 5.41) is 0. The highest BCUT2D eigenvalue weighted by molar-refractivity contribution is 7.87. The van der Waals surface area contributed by atoms with Crippen LogP contribution in [0.3, 0.4) is 0 Å². The standard InChI is InChI=1S/C17H20FNO3S/c1-14(15-8-10-16(18)11-9-15)19(2)12-13-23(20,21)22-17-6-4-3-5-7-17/h3-11,14H,12-13H2,1-2H3. The average molecular weight is 337 g/mol. The van der Waals surface area contributed by atoms with Crippen molar-refractivity contribution in [2.45, 2.75) is 13.0 Å². The third-order valence-electron chi connectivity index (χ3n) is 3.67. The van der Waals surface area contributed by atoms with Crippen LogP contribution in [-0.4, -0.2) is 32.7 Å². The number of para-hydroxylation sites is 1. The van der Waals surface area contributed by atoms with Gasteiger partial charge in [-0.25, -0.2) is 4.39 Å². The Kier molecular flexibility index (Phi) is 5.74. The number of nitrogens with zero attached hydrogens (tertiary/aromatic N) is 1. The molecule has 0 saturated heterocycles. The van der Waals surface area contributed by atoms with Gasteiger partial charge in [0.1, 0.15) is 11.6 Å². The van der Waals surface area contributed by atoms with Crippen molar-refractivity contribution in [1.82, 2.24) is 4.90 Å². The van der Waals surface area contributed by atoms with E-state index < -0.39 is 10.1 Å². The third-order valence-corrected chi connectivity index (χ3v) is 4.80. The minimum atomic E-state index is -3.65. The number of benzene rings is 2. The molecule has 1 unspecified atom stereocenters. The summed E-state index contributed by atoms with van der Waals surface area (Å²) in [4.78, 5) is 1.89. The molecule has 0 aliphatic carbocycles. The van der Waals surface area contributed by atoms with Gasteiger partial charge in [-0.15, -0.1) is 0 Å². The fourth-order valence-electron chi connectivity index (χ4n) is 2.11. The fourth-order valence-corrected chi connectivity index (χ4v) is 3.11. The van der Waals surface area contributed by atoms with Crippen LogP contribution in [0.25, 0.3) is 0 Å². The van der Waals surface area contributed by atoms with Crippen molar-refractivity contribution >= 4 is 10.1 Å². The summed E-state index contributed by atoms with van der Waals surface area (Å²) in [6.45, 7) is 2.26. The Labute approximate surface area is 136 Å². The molecular formula is C17H20FNO3S. The summed E-state index contributed by atoms with van der Waals surface area (Å²) in [6.07, 6.45) is 0. The molecule has 0 radical (unpaired) electrons.